The highest BCUT2D eigenvalue weighted by Gasteiger charge is 2.12. The molecule has 1 N–H and O–H groups in total. The van der Waals surface area contributed by atoms with E-state index in [1.54, 1.807) is 36.5 Å². The molecule has 146 valence electrons. The van der Waals surface area contributed by atoms with Crippen LogP contribution in [0.4, 0.5) is 5.69 Å². The molecule has 0 spiro atoms. The summed E-state index contributed by atoms with van der Waals surface area (Å²) in [5.74, 6) is 0.557. The smallest absolute Gasteiger partial charge is 0.262 e. The molecule has 0 saturated heterocycles. The number of halogens is 2. The zero-order valence-electron chi connectivity index (χ0n) is 15.3. The number of nitrogens with one attached hydrogen (secondary N) is 1. The van der Waals surface area contributed by atoms with Gasteiger partial charge in [-0.15, -0.1) is 0 Å². The summed E-state index contributed by atoms with van der Waals surface area (Å²) in [5, 5.41) is 3.66. The number of ether oxygens (including phenoxy) is 1. The number of aryl methyl sites for hydroxylation is 1. The minimum Gasteiger partial charge on any atom is -0.482 e. The number of nitrogens with zero attached hydrogens (tertiary/aromatic N) is 2. The van der Waals surface area contributed by atoms with Gasteiger partial charge in [-0.1, -0.05) is 23.2 Å². The standard InChI is InChI=1S/C21H15Cl2N3O3/c1-12-9-13(21-26-20-18(29-21)3-2-8-24-20)4-6-16(12)25-19(27)11-28-17-7-5-14(22)10-15(17)23/h2-10H,11H2,1H3,(H,25,27). The Bertz CT molecular complexity index is 1170. The van der Waals surface area contributed by atoms with Gasteiger partial charge in [0.05, 0.1) is 5.02 Å². The summed E-state index contributed by atoms with van der Waals surface area (Å²) in [6.07, 6.45) is 1.66. The van der Waals surface area contributed by atoms with E-state index in [9.17, 15) is 4.79 Å². The minimum absolute atomic E-state index is 0.181. The first-order chi connectivity index (χ1) is 14.0. The monoisotopic (exact) mass is 427 g/mol. The van der Waals surface area contributed by atoms with Crippen molar-refractivity contribution in [2.75, 3.05) is 11.9 Å². The number of hydrogen-bond donors (Lipinski definition) is 1. The molecule has 29 heavy (non-hydrogen) atoms. The largest absolute Gasteiger partial charge is 0.482 e. The summed E-state index contributed by atoms with van der Waals surface area (Å²) in [6.45, 7) is 1.70. The highest BCUT2D eigenvalue weighted by molar-refractivity contribution is 6.35. The van der Waals surface area contributed by atoms with Crippen molar-refractivity contribution in [3.05, 3.63) is 70.3 Å². The first-order valence-corrected chi connectivity index (χ1v) is 9.45. The summed E-state index contributed by atoms with van der Waals surface area (Å²) < 4.78 is 11.2. The minimum atomic E-state index is -0.307. The number of fused-ring (bicyclic) bond motifs is 1. The van der Waals surface area contributed by atoms with E-state index < -0.39 is 0 Å². The molecule has 0 fully saturated rings. The topological polar surface area (TPSA) is 77.3 Å². The van der Waals surface area contributed by atoms with Gasteiger partial charge in [0, 0.05) is 22.5 Å². The van der Waals surface area contributed by atoms with Crippen molar-refractivity contribution < 1.29 is 13.9 Å². The highest BCUT2D eigenvalue weighted by atomic mass is 35.5. The Morgan fingerprint density at radius 2 is 2.03 bits per heavy atom. The molecule has 0 aliphatic rings. The molecule has 0 saturated carbocycles. The zero-order valence-corrected chi connectivity index (χ0v) is 16.8. The summed E-state index contributed by atoms with van der Waals surface area (Å²) in [6, 6.07) is 13.9. The maximum atomic E-state index is 12.2. The third-order valence-corrected chi connectivity index (χ3v) is 4.70. The van der Waals surface area contributed by atoms with Crippen LogP contribution in [0.25, 0.3) is 22.7 Å². The lowest BCUT2D eigenvalue weighted by Gasteiger charge is -2.11. The number of rotatable bonds is 5. The first-order valence-electron chi connectivity index (χ1n) is 8.70. The Morgan fingerprint density at radius 1 is 1.17 bits per heavy atom. The van der Waals surface area contributed by atoms with Gasteiger partial charge in [-0.3, -0.25) is 4.79 Å². The van der Waals surface area contributed by atoms with E-state index in [1.807, 2.05) is 25.1 Å². The van der Waals surface area contributed by atoms with Crippen molar-refractivity contribution in [3.63, 3.8) is 0 Å². The van der Waals surface area contributed by atoms with E-state index in [0.717, 1.165) is 11.1 Å². The van der Waals surface area contributed by atoms with Crippen LogP contribution in [0.3, 0.4) is 0 Å². The molecule has 2 heterocycles. The van der Waals surface area contributed by atoms with Gasteiger partial charge < -0.3 is 14.5 Å². The normalized spacial score (nSPS) is 10.9. The number of aromatic nitrogens is 2. The van der Waals surface area contributed by atoms with E-state index in [2.05, 4.69) is 15.3 Å². The van der Waals surface area contributed by atoms with Gasteiger partial charge in [0.25, 0.3) is 5.91 Å². The average Bonchev–Trinajstić information content (AvgIpc) is 3.13. The van der Waals surface area contributed by atoms with E-state index >= 15 is 0 Å². The fourth-order valence-corrected chi connectivity index (χ4v) is 3.21. The second-order valence-electron chi connectivity index (χ2n) is 6.29. The molecule has 4 rings (SSSR count). The Morgan fingerprint density at radius 3 is 2.79 bits per heavy atom. The van der Waals surface area contributed by atoms with Gasteiger partial charge >= 0.3 is 0 Å². The number of oxazole rings is 1. The van der Waals surface area contributed by atoms with Gasteiger partial charge in [-0.2, -0.15) is 4.98 Å². The molecule has 2 aromatic carbocycles. The molecule has 0 bridgehead atoms. The second kappa shape index (κ2) is 8.11. The van der Waals surface area contributed by atoms with Crippen molar-refractivity contribution >= 4 is 46.0 Å². The Labute approximate surface area is 176 Å². The van der Waals surface area contributed by atoms with Gasteiger partial charge in [-0.25, -0.2) is 4.98 Å². The zero-order chi connectivity index (χ0) is 20.4. The molecule has 0 aliphatic heterocycles. The maximum absolute atomic E-state index is 12.2. The van der Waals surface area contributed by atoms with Crippen molar-refractivity contribution in [1.29, 1.82) is 0 Å². The van der Waals surface area contributed by atoms with Crippen molar-refractivity contribution in [2.24, 2.45) is 0 Å². The van der Waals surface area contributed by atoms with E-state index in [4.69, 9.17) is 32.4 Å². The molecule has 0 aliphatic carbocycles. The third kappa shape index (κ3) is 4.34. The van der Waals surface area contributed by atoms with Crippen molar-refractivity contribution in [3.8, 4) is 17.2 Å². The Balaban J connectivity index is 1.44. The highest BCUT2D eigenvalue weighted by Crippen LogP contribution is 2.28. The second-order valence-corrected chi connectivity index (χ2v) is 7.13. The molecule has 2 aromatic heterocycles. The molecular weight excluding hydrogens is 413 g/mol. The maximum Gasteiger partial charge on any atom is 0.262 e. The predicted octanol–water partition coefficient (Wildman–Crippen LogP) is 5.52. The summed E-state index contributed by atoms with van der Waals surface area (Å²) in [4.78, 5) is 20.8. The van der Waals surface area contributed by atoms with Gasteiger partial charge in [0.15, 0.2) is 17.8 Å². The molecule has 0 atom stereocenters. The van der Waals surface area contributed by atoms with Crippen LogP contribution in [0.15, 0.2) is 59.1 Å². The van der Waals surface area contributed by atoms with Gasteiger partial charge in [0.2, 0.25) is 5.89 Å². The van der Waals surface area contributed by atoms with Crippen LogP contribution in [-0.4, -0.2) is 22.5 Å². The number of carbonyl (C=O) groups excluding carboxylic acids is 1. The lowest BCUT2D eigenvalue weighted by Crippen LogP contribution is -2.20. The van der Waals surface area contributed by atoms with Gasteiger partial charge in [0.1, 0.15) is 5.75 Å². The quantitative estimate of drug-likeness (QED) is 0.453. The van der Waals surface area contributed by atoms with Crippen molar-refractivity contribution in [2.45, 2.75) is 6.92 Å². The molecule has 0 unspecified atom stereocenters. The number of anilines is 1. The van der Waals surface area contributed by atoms with Crippen LogP contribution in [-0.2, 0) is 4.79 Å². The first kappa shape index (κ1) is 19.2. The van der Waals surface area contributed by atoms with Crippen LogP contribution in [0.5, 0.6) is 5.75 Å². The summed E-state index contributed by atoms with van der Waals surface area (Å²) >= 11 is 11.9. The van der Waals surface area contributed by atoms with E-state index in [0.29, 0.717) is 38.6 Å². The fraction of sp³-hybridized carbons (Fsp3) is 0.0952. The molecule has 0 radical (unpaired) electrons. The molecule has 6 nitrogen and oxygen atoms in total. The molecule has 8 heteroatoms. The number of pyridine rings is 1. The van der Waals surface area contributed by atoms with Gasteiger partial charge in [-0.05, 0) is 61.0 Å². The summed E-state index contributed by atoms with van der Waals surface area (Å²) in [7, 11) is 0. The lowest BCUT2D eigenvalue weighted by molar-refractivity contribution is -0.118. The third-order valence-electron chi connectivity index (χ3n) is 4.17. The predicted molar refractivity (Wildman–Crippen MR) is 113 cm³/mol. The van der Waals surface area contributed by atoms with Crippen LogP contribution in [0.1, 0.15) is 5.56 Å². The Kier molecular flexibility index (Phi) is 5.38. The molecule has 4 aromatic rings. The van der Waals surface area contributed by atoms with Crippen molar-refractivity contribution in [1.82, 2.24) is 9.97 Å². The lowest BCUT2D eigenvalue weighted by atomic mass is 10.1. The average molecular weight is 428 g/mol. The number of carbonyl (C=O) groups is 1. The van der Waals surface area contributed by atoms with E-state index in [-0.39, 0.29) is 12.5 Å². The fourth-order valence-electron chi connectivity index (χ4n) is 2.75. The number of hydrogen-bond acceptors (Lipinski definition) is 5. The number of amides is 1. The van der Waals surface area contributed by atoms with Crippen LogP contribution in [0, 0.1) is 6.92 Å². The Hall–Kier alpha value is -3.09. The van der Waals surface area contributed by atoms with Crippen LogP contribution >= 0.6 is 23.2 Å². The SMILES string of the molecule is Cc1cc(-c2nc3ncccc3o2)ccc1NC(=O)COc1ccc(Cl)cc1Cl. The van der Waals surface area contributed by atoms with Crippen LogP contribution in [0.2, 0.25) is 10.0 Å². The molecule has 1 amide bonds. The number of benzene rings is 2. The van der Waals surface area contributed by atoms with E-state index in [1.165, 1.54) is 0 Å². The molecular formula is C21H15Cl2N3O3. The van der Waals surface area contributed by atoms with Crippen LogP contribution < -0.4 is 10.1 Å². The summed E-state index contributed by atoms with van der Waals surface area (Å²) in [5.41, 5.74) is 3.49.